The molecule has 0 fully saturated rings. The van der Waals surface area contributed by atoms with Crippen molar-refractivity contribution in [3.8, 4) is 6.07 Å². The van der Waals surface area contributed by atoms with Gasteiger partial charge in [0.1, 0.15) is 11.6 Å². The molecule has 0 N–H and O–H groups in total. The van der Waals surface area contributed by atoms with E-state index in [4.69, 9.17) is 5.26 Å². The number of nitro groups is 1. The first-order valence-electron chi connectivity index (χ1n) is 5.00. The van der Waals surface area contributed by atoms with Gasteiger partial charge in [-0.3, -0.25) is 10.1 Å². The molecule has 0 atom stereocenters. The van der Waals surface area contributed by atoms with Gasteiger partial charge in [-0.1, -0.05) is 0 Å². The molecule has 1 aliphatic heterocycles. The summed E-state index contributed by atoms with van der Waals surface area (Å²) in [6.07, 6.45) is 0.846. The molecule has 0 amide bonds. The highest BCUT2D eigenvalue weighted by atomic mass is 16.6. The Kier molecular flexibility index (Phi) is 2.59. The van der Waals surface area contributed by atoms with Gasteiger partial charge in [0, 0.05) is 19.2 Å². The number of benzene rings is 1. The van der Waals surface area contributed by atoms with Gasteiger partial charge in [0.25, 0.3) is 5.69 Å². The second-order valence-corrected chi connectivity index (χ2v) is 3.99. The molecule has 1 aliphatic rings. The lowest BCUT2D eigenvalue weighted by Gasteiger charge is -2.24. The van der Waals surface area contributed by atoms with Gasteiger partial charge in [-0.2, -0.15) is 5.26 Å². The molecular formula is C11H11N3O2. The predicted octanol–water partition coefficient (Wildman–Crippen LogP) is 1.45. The minimum absolute atomic E-state index is 0.0865. The van der Waals surface area contributed by atoms with Crippen LogP contribution in [0.4, 0.5) is 5.69 Å². The van der Waals surface area contributed by atoms with E-state index >= 15 is 0 Å². The fourth-order valence-corrected chi connectivity index (χ4v) is 1.98. The van der Waals surface area contributed by atoms with E-state index in [1.807, 2.05) is 13.1 Å². The van der Waals surface area contributed by atoms with Crippen molar-refractivity contribution in [2.24, 2.45) is 0 Å². The summed E-state index contributed by atoms with van der Waals surface area (Å²) >= 11 is 0. The van der Waals surface area contributed by atoms with Crippen molar-refractivity contribution >= 4 is 5.69 Å². The Bertz CT molecular complexity index is 491. The first-order chi connectivity index (χ1) is 7.61. The van der Waals surface area contributed by atoms with Crippen LogP contribution in [0.5, 0.6) is 0 Å². The van der Waals surface area contributed by atoms with Crippen LogP contribution in [0.25, 0.3) is 0 Å². The fourth-order valence-electron chi connectivity index (χ4n) is 1.98. The summed E-state index contributed by atoms with van der Waals surface area (Å²) in [7, 11) is 1.98. The van der Waals surface area contributed by atoms with Gasteiger partial charge < -0.3 is 4.90 Å². The van der Waals surface area contributed by atoms with Crippen LogP contribution >= 0.6 is 0 Å². The number of fused-ring (bicyclic) bond motifs is 1. The first kappa shape index (κ1) is 10.6. The number of rotatable bonds is 1. The van der Waals surface area contributed by atoms with Crippen LogP contribution < -0.4 is 0 Å². The number of hydrogen-bond donors (Lipinski definition) is 0. The van der Waals surface area contributed by atoms with Gasteiger partial charge in [-0.05, 0) is 30.7 Å². The van der Waals surface area contributed by atoms with E-state index in [0.29, 0.717) is 6.54 Å². The van der Waals surface area contributed by atoms with E-state index in [-0.39, 0.29) is 11.3 Å². The number of nitrogens with zero attached hydrogens (tertiary/aromatic N) is 3. The van der Waals surface area contributed by atoms with Gasteiger partial charge in [-0.25, -0.2) is 0 Å². The summed E-state index contributed by atoms with van der Waals surface area (Å²) in [5, 5.41) is 19.6. The van der Waals surface area contributed by atoms with Gasteiger partial charge in [0.15, 0.2) is 0 Å². The standard InChI is InChI=1S/C11H11N3O2/c1-13-3-2-8-4-9(6-12)11(14(15)16)5-10(8)7-13/h4-5H,2-3,7H2,1H3. The van der Waals surface area contributed by atoms with Crippen LogP contribution in [-0.4, -0.2) is 23.4 Å². The minimum Gasteiger partial charge on any atom is -0.302 e. The summed E-state index contributed by atoms with van der Waals surface area (Å²) in [5.74, 6) is 0. The molecular weight excluding hydrogens is 206 g/mol. The van der Waals surface area contributed by atoms with Crippen molar-refractivity contribution in [2.75, 3.05) is 13.6 Å². The van der Waals surface area contributed by atoms with Crippen LogP contribution in [0, 0.1) is 21.4 Å². The molecule has 0 spiro atoms. The summed E-state index contributed by atoms with van der Waals surface area (Å²) in [6.45, 7) is 1.64. The quantitative estimate of drug-likeness (QED) is 0.527. The molecule has 16 heavy (non-hydrogen) atoms. The van der Waals surface area contributed by atoms with Gasteiger partial charge in [0.2, 0.25) is 0 Å². The molecule has 0 bridgehead atoms. The zero-order valence-corrected chi connectivity index (χ0v) is 8.93. The highest BCUT2D eigenvalue weighted by molar-refractivity contribution is 5.54. The Balaban J connectivity index is 2.54. The molecule has 1 aromatic rings. The number of likely N-dealkylation sites (N-methyl/N-ethyl adjacent to an activating group) is 1. The summed E-state index contributed by atoms with van der Waals surface area (Å²) in [6, 6.07) is 5.07. The number of hydrogen-bond acceptors (Lipinski definition) is 4. The van der Waals surface area contributed by atoms with Crippen molar-refractivity contribution in [1.82, 2.24) is 4.90 Å². The molecule has 82 valence electrons. The van der Waals surface area contributed by atoms with Crippen LogP contribution in [-0.2, 0) is 13.0 Å². The van der Waals surface area contributed by atoms with Gasteiger partial charge in [0.05, 0.1) is 4.92 Å². The molecule has 5 nitrogen and oxygen atoms in total. The summed E-state index contributed by atoms with van der Waals surface area (Å²) in [5.41, 5.74) is 2.09. The van der Waals surface area contributed by atoms with Crippen molar-refractivity contribution in [3.05, 3.63) is 38.9 Å². The second kappa shape index (κ2) is 3.91. The minimum atomic E-state index is -0.493. The number of nitriles is 1. The van der Waals surface area contributed by atoms with Crippen molar-refractivity contribution in [2.45, 2.75) is 13.0 Å². The van der Waals surface area contributed by atoms with E-state index in [1.165, 1.54) is 6.07 Å². The van der Waals surface area contributed by atoms with E-state index < -0.39 is 4.92 Å². The smallest absolute Gasteiger partial charge is 0.287 e. The average molecular weight is 217 g/mol. The highest BCUT2D eigenvalue weighted by Gasteiger charge is 2.21. The van der Waals surface area contributed by atoms with E-state index in [1.54, 1.807) is 6.07 Å². The third kappa shape index (κ3) is 1.75. The molecule has 0 radical (unpaired) electrons. The average Bonchev–Trinajstić information content (AvgIpc) is 2.27. The maximum Gasteiger partial charge on any atom is 0.287 e. The largest absolute Gasteiger partial charge is 0.302 e. The van der Waals surface area contributed by atoms with E-state index in [0.717, 1.165) is 24.1 Å². The van der Waals surface area contributed by atoms with Crippen molar-refractivity contribution < 1.29 is 4.92 Å². The Morgan fingerprint density at radius 2 is 2.25 bits per heavy atom. The lowest BCUT2D eigenvalue weighted by molar-refractivity contribution is -0.385. The monoisotopic (exact) mass is 217 g/mol. The normalized spacial score (nSPS) is 15.2. The molecule has 0 aliphatic carbocycles. The first-order valence-corrected chi connectivity index (χ1v) is 5.00. The lowest BCUT2D eigenvalue weighted by Crippen LogP contribution is -2.26. The second-order valence-electron chi connectivity index (χ2n) is 3.99. The predicted molar refractivity (Wildman–Crippen MR) is 57.8 cm³/mol. The zero-order valence-electron chi connectivity index (χ0n) is 8.93. The Morgan fingerprint density at radius 1 is 1.50 bits per heavy atom. The van der Waals surface area contributed by atoms with Crippen molar-refractivity contribution in [1.29, 1.82) is 5.26 Å². The van der Waals surface area contributed by atoms with E-state index in [9.17, 15) is 10.1 Å². The molecule has 0 aromatic heterocycles. The van der Waals surface area contributed by atoms with E-state index in [2.05, 4.69) is 4.90 Å². The Morgan fingerprint density at radius 3 is 2.88 bits per heavy atom. The van der Waals surface area contributed by atoms with Crippen LogP contribution in [0.1, 0.15) is 16.7 Å². The topological polar surface area (TPSA) is 70.2 Å². The molecule has 2 rings (SSSR count). The zero-order chi connectivity index (χ0) is 11.7. The van der Waals surface area contributed by atoms with Gasteiger partial charge >= 0.3 is 0 Å². The molecule has 0 unspecified atom stereocenters. The molecule has 0 saturated heterocycles. The maximum absolute atomic E-state index is 10.8. The van der Waals surface area contributed by atoms with Gasteiger partial charge in [-0.15, -0.1) is 0 Å². The lowest BCUT2D eigenvalue weighted by atomic mass is 9.96. The third-order valence-corrected chi connectivity index (χ3v) is 2.84. The molecule has 1 aromatic carbocycles. The Hall–Kier alpha value is -1.93. The summed E-state index contributed by atoms with van der Waals surface area (Å²) < 4.78 is 0. The molecule has 0 saturated carbocycles. The Labute approximate surface area is 93.1 Å². The van der Waals surface area contributed by atoms with Crippen LogP contribution in [0.2, 0.25) is 0 Å². The molecule has 5 heteroatoms. The highest BCUT2D eigenvalue weighted by Crippen LogP contribution is 2.26. The van der Waals surface area contributed by atoms with Crippen LogP contribution in [0.3, 0.4) is 0 Å². The number of nitro benzene ring substituents is 1. The van der Waals surface area contributed by atoms with Crippen LogP contribution in [0.15, 0.2) is 12.1 Å². The maximum atomic E-state index is 10.8. The molecule has 1 heterocycles. The third-order valence-electron chi connectivity index (χ3n) is 2.84. The summed E-state index contributed by atoms with van der Waals surface area (Å²) in [4.78, 5) is 12.4. The SMILES string of the molecule is CN1CCc2cc(C#N)c([N+](=O)[O-])cc2C1. The fraction of sp³-hybridized carbons (Fsp3) is 0.364. The van der Waals surface area contributed by atoms with Crippen molar-refractivity contribution in [3.63, 3.8) is 0 Å².